The maximum atomic E-state index is 13.0. The van der Waals surface area contributed by atoms with Crippen molar-refractivity contribution in [3.05, 3.63) is 0 Å². The predicted octanol–water partition coefficient (Wildman–Crippen LogP) is 1.01. The van der Waals surface area contributed by atoms with Gasteiger partial charge in [0.25, 0.3) is 35.4 Å². The summed E-state index contributed by atoms with van der Waals surface area (Å²) in [7, 11) is 0. The van der Waals surface area contributed by atoms with Gasteiger partial charge in [-0.3, -0.25) is 28.8 Å². The van der Waals surface area contributed by atoms with E-state index in [2.05, 4.69) is 16.1 Å². The van der Waals surface area contributed by atoms with Gasteiger partial charge in [-0.1, -0.05) is 7.43 Å². The summed E-state index contributed by atoms with van der Waals surface area (Å²) in [5, 5.41) is 0.531. The van der Waals surface area contributed by atoms with Crippen molar-refractivity contribution in [2.45, 2.75) is 77.1 Å². The number of nitrogens with zero attached hydrogens (tertiary/aromatic N) is 3. The number of halogens is 6. The van der Waals surface area contributed by atoms with Crippen molar-refractivity contribution in [1.29, 1.82) is 0 Å². The van der Waals surface area contributed by atoms with Crippen LogP contribution in [-0.4, -0.2) is 99.5 Å². The number of hydrogen-bond donors (Lipinski definition) is 0. The second kappa shape index (κ2) is 16.2. The quantitative estimate of drug-likeness (QED) is 0.207. The minimum absolute atomic E-state index is 0. The lowest BCUT2D eigenvalue weighted by Gasteiger charge is -2.29. The highest BCUT2D eigenvalue weighted by molar-refractivity contribution is 6.03. The van der Waals surface area contributed by atoms with E-state index in [0.29, 0.717) is 29.8 Å². The highest BCUT2D eigenvalue weighted by Crippen LogP contribution is 2.46. The highest BCUT2D eigenvalue weighted by Gasteiger charge is 2.74. The van der Waals surface area contributed by atoms with Crippen molar-refractivity contribution in [1.82, 2.24) is 15.2 Å². The first-order valence-corrected chi connectivity index (χ1v) is 13.1. The van der Waals surface area contributed by atoms with E-state index in [-0.39, 0.29) is 39.0 Å². The first-order valence-electron chi connectivity index (χ1n) is 13.1. The third-order valence-corrected chi connectivity index (χ3v) is 6.13. The normalized spacial score (nSPS) is 19.5. The van der Waals surface area contributed by atoms with Crippen LogP contribution < -0.4 is 0 Å². The minimum Gasteiger partial charge on any atom is -0.381 e. The Morgan fingerprint density at radius 1 is 0.729 bits per heavy atom. The highest BCUT2D eigenvalue weighted by atomic mass is 19.3. The van der Waals surface area contributed by atoms with Gasteiger partial charge in [-0.05, 0) is 6.42 Å². The maximum Gasteiger partial charge on any atom is 0.413 e. The fourth-order valence-corrected chi connectivity index (χ4v) is 3.51. The lowest BCUT2D eigenvalue weighted by molar-refractivity contribution is -0.305. The Hall–Kier alpha value is -5.07. The molecule has 0 aliphatic carbocycles. The van der Waals surface area contributed by atoms with E-state index < -0.39 is 95.9 Å². The van der Waals surface area contributed by atoms with E-state index in [9.17, 15) is 69.5 Å². The summed E-state index contributed by atoms with van der Waals surface area (Å²) in [4.78, 5) is 111. The van der Waals surface area contributed by atoms with E-state index in [0.717, 1.165) is 0 Å². The number of carbonyl (C=O) groups excluding carboxylic acids is 9. The monoisotopic (exact) mass is 703 g/mol. The molecule has 4 aliphatic heterocycles. The summed E-state index contributed by atoms with van der Waals surface area (Å²) in [6.07, 6.45) is 4.67. The molecule has 0 aromatic heterocycles. The largest absolute Gasteiger partial charge is 0.413 e. The Bertz CT molecular complexity index is 1340. The number of terminal acetylenes is 1. The van der Waals surface area contributed by atoms with Crippen molar-refractivity contribution >= 4 is 53.4 Å². The minimum atomic E-state index is -6.05. The van der Waals surface area contributed by atoms with Crippen molar-refractivity contribution in [3.63, 3.8) is 0 Å². The van der Waals surface area contributed by atoms with E-state index >= 15 is 0 Å². The van der Waals surface area contributed by atoms with Gasteiger partial charge in [-0.25, -0.2) is 14.4 Å². The molecule has 4 rings (SSSR count). The number of hydrogen-bond acceptors (Lipinski definition) is 13. The molecule has 0 bridgehead atoms. The second-order valence-electron chi connectivity index (χ2n) is 9.66. The maximum absolute atomic E-state index is 13.0. The molecule has 0 radical (unpaired) electrons. The summed E-state index contributed by atoms with van der Waals surface area (Å²) in [5.41, 5.74) is 0. The molecule has 4 saturated heterocycles. The average molecular weight is 703 g/mol. The van der Waals surface area contributed by atoms with Crippen molar-refractivity contribution < 1.29 is 88.7 Å². The molecule has 48 heavy (non-hydrogen) atoms. The summed E-state index contributed by atoms with van der Waals surface area (Å²) >= 11 is 0. The van der Waals surface area contributed by atoms with Gasteiger partial charge in [-0.15, -0.1) is 21.6 Å². The molecule has 4 heterocycles. The van der Waals surface area contributed by atoms with E-state index in [1.165, 1.54) is 0 Å². The zero-order chi connectivity index (χ0) is 35.9. The molecule has 0 aromatic rings. The standard InChI is InChI=1S/C9H7F6NO4.C9H11NO5.C7H5NO4.CH4/c1-7(10,11)9(14,15)8(12,13)6(19)20-16-4(17)2-3-5(16)18;11-7-1-2-8(12)10(7)15-9(13)6-3-4-14-5-6;1-2-7(11)12-8-5(9)3-4-6(8)10;/h2-3H2,1H3;6H,1-5H2;1H,3-4H2;1H4. The van der Waals surface area contributed by atoms with Crippen LogP contribution in [0.15, 0.2) is 0 Å². The molecule has 16 nitrogen and oxygen atoms in total. The van der Waals surface area contributed by atoms with Crippen LogP contribution in [0.3, 0.4) is 0 Å². The van der Waals surface area contributed by atoms with Crippen molar-refractivity contribution in [3.8, 4) is 12.3 Å². The summed E-state index contributed by atoms with van der Waals surface area (Å²) < 4.78 is 81.6. The van der Waals surface area contributed by atoms with E-state index in [1.54, 1.807) is 5.92 Å². The van der Waals surface area contributed by atoms with Gasteiger partial charge in [0.05, 0.1) is 12.5 Å². The molecule has 1 atom stereocenters. The summed E-state index contributed by atoms with van der Waals surface area (Å²) in [5.74, 6) is -25.1. The first kappa shape index (κ1) is 41.0. The molecule has 0 aromatic carbocycles. The van der Waals surface area contributed by atoms with Crippen LogP contribution >= 0.6 is 0 Å². The molecule has 22 heteroatoms. The molecular weight excluding hydrogens is 676 g/mol. The van der Waals surface area contributed by atoms with Crippen LogP contribution in [0.1, 0.15) is 59.3 Å². The zero-order valence-corrected chi connectivity index (χ0v) is 23.9. The van der Waals surface area contributed by atoms with Crippen LogP contribution in [0.4, 0.5) is 26.3 Å². The van der Waals surface area contributed by atoms with Crippen LogP contribution in [0.2, 0.25) is 0 Å². The zero-order valence-electron chi connectivity index (χ0n) is 23.9. The number of carbonyl (C=O) groups is 9. The molecular formula is C26H27F6N3O13. The van der Waals surface area contributed by atoms with Gasteiger partial charge in [0, 0.05) is 58.0 Å². The van der Waals surface area contributed by atoms with Gasteiger partial charge in [-0.2, -0.15) is 26.3 Å². The molecule has 0 N–H and O–H groups in total. The Morgan fingerprint density at radius 2 is 1.10 bits per heavy atom. The van der Waals surface area contributed by atoms with Crippen LogP contribution in [-0.2, 0) is 62.4 Å². The Labute approximate surface area is 266 Å². The number of ether oxygens (including phenoxy) is 1. The Morgan fingerprint density at radius 3 is 1.44 bits per heavy atom. The van der Waals surface area contributed by atoms with Gasteiger partial charge in [0.1, 0.15) is 0 Å². The third-order valence-electron chi connectivity index (χ3n) is 6.13. The lowest BCUT2D eigenvalue weighted by atomic mass is 10.1. The van der Waals surface area contributed by atoms with Crippen molar-refractivity contribution in [2.75, 3.05) is 13.2 Å². The average Bonchev–Trinajstić information content (AvgIpc) is 3.78. The van der Waals surface area contributed by atoms with Gasteiger partial charge >= 0.3 is 35.7 Å². The molecule has 0 saturated carbocycles. The smallest absolute Gasteiger partial charge is 0.381 e. The Kier molecular flexibility index (Phi) is 13.8. The first-order chi connectivity index (χ1) is 21.6. The number of alkyl halides is 6. The number of amides is 6. The summed E-state index contributed by atoms with van der Waals surface area (Å²) in [6.45, 7) is 0.303. The third kappa shape index (κ3) is 9.49. The van der Waals surface area contributed by atoms with Gasteiger partial charge in [0.2, 0.25) is 0 Å². The fourth-order valence-electron chi connectivity index (χ4n) is 3.51. The van der Waals surface area contributed by atoms with Crippen LogP contribution in [0, 0.1) is 18.3 Å². The van der Waals surface area contributed by atoms with E-state index in [4.69, 9.17) is 9.57 Å². The topological polar surface area (TPSA) is 200 Å². The van der Waals surface area contributed by atoms with Gasteiger partial charge in [0.15, 0.2) is 0 Å². The molecule has 1 unspecified atom stereocenters. The van der Waals surface area contributed by atoms with E-state index in [1.807, 2.05) is 0 Å². The molecule has 6 amide bonds. The number of hydroxylamine groups is 6. The SMILES string of the molecule is C.C#CC(=O)ON1C(=O)CCC1=O.CC(F)(F)C(F)(F)C(F)(F)C(=O)ON1C(=O)CCC1=O.O=C(ON1C(=O)CCC1=O)C1CCOC1. The molecule has 266 valence electrons. The molecule has 4 fully saturated rings. The van der Waals surface area contributed by atoms with Crippen molar-refractivity contribution in [2.24, 2.45) is 5.92 Å². The number of rotatable bonds is 7. The molecule has 0 spiro atoms. The van der Waals surface area contributed by atoms with Gasteiger partial charge < -0.3 is 19.2 Å². The second-order valence-corrected chi connectivity index (χ2v) is 9.66. The summed E-state index contributed by atoms with van der Waals surface area (Å²) in [6, 6.07) is 0. The molecule has 4 aliphatic rings. The predicted molar refractivity (Wildman–Crippen MR) is 137 cm³/mol. The van der Waals surface area contributed by atoms with Crippen LogP contribution in [0.25, 0.3) is 0 Å². The number of imide groups is 3. The Balaban J connectivity index is 0.000000368. The fraction of sp³-hybridized carbons (Fsp3) is 0.577. The van der Waals surface area contributed by atoms with Crippen LogP contribution in [0.5, 0.6) is 0 Å². The lowest BCUT2D eigenvalue weighted by Crippen LogP contribution is -2.58.